The number of hydrogen-bond acceptors (Lipinski definition) is 7. The van der Waals surface area contributed by atoms with Gasteiger partial charge in [0.2, 0.25) is 5.95 Å². The second-order valence-electron chi connectivity index (χ2n) is 4.04. The van der Waals surface area contributed by atoms with Gasteiger partial charge in [0, 0.05) is 6.54 Å². The average Bonchev–Trinajstić information content (AvgIpc) is 2.27. The standard InChI is InChI=1S/C9H15N5O3.2ClH/c1-3(15)6(16)4-2-11-7-5(12-4)8(17)14-9(10)13-7;;/h3-4,6,12,15-16H,2H2,1H3,(H4,10,11,13,14,17);2*1H/t3-,4-,6-;;/m1../s1. The Morgan fingerprint density at radius 1 is 1.42 bits per heavy atom. The van der Waals surface area contributed by atoms with E-state index >= 15 is 0 Å². The van der Waals surface area contributed by atoms with Gasteiger partial charge in [-0.3, -0.25) is 9.78 Å². The van der Waals surface area contributed by atoms with Gasteiger partial charge in [0.1, 0.15) is 11.8 Å². The van der Waals surface area contributed by atoms with E-state index in [4.69, 9.17) is 5.73 Å². The number of anilines is 3. The van der Waals surface area contributed by atoms with Crippen LogP contribution in [0.3, 0.4) is 0 Å². The summed E-state index contributed by atoms with van der Waals surface area (Å²) < 4.78 is 0. The Kier molecular flexibility index (Phi) is 6.37. The van der Waals surface area contributed by atoms with Crippen molar-refractivity contribution in [1.29, 1.82) is 0 Å². The topological polar surface area (TPSA) is 136 Å². The van der Waals surface area contributed by atoms with Crippen molar-refractivity contribution in [3.8, 4) is 0 Å². The van der Waals surface area contributed by atoms with Crippen LogP contribution in [0, 0.1) is 0 Å². The summed E-state index contributed by atoms with van der Waals surface area (Å²) in [7, 11) is 0. The molecule has 2 rings (SSSR count). The van der Waals surface area contributed by atoms with E-state index in [9.17, 15) is 15.0 Å². The normalized spacial score (nSPS) is 19.6. The number of aliphatic hydroxyl groups is 2. The van der Waals surface area contributed by atoms with Gasteiger partial charge in [0.05, 0.1) is 12.1 Å². The highest BCUT2D eigenvalue weighted by Gasteiger charge is 2.29. The minimum Gasteiger partial charge on any atom is -0.391 e. The van der Waals surface area contributed by atoms with Gasteiger partial charge in [0.15, 0.2) is 5.82 Å². The van der Waals surface area contributed by atoms with E-state index in [1.807, 2.05) is 0 Å². The van der Waals surface area contributed by atoms with Crippen molar-refractivity contribution in [2.45, 2.75) is 25.2 Å². The molecule has 1 aromatic rings. The van der Waals surface area contributed by atoms with Crippen molar-refractivity contribution in [1.82, 2.24) is 9.97 Å². The second kappa shape index (κ2) is 6.80. The number of nitrogens with two attached hydrogens (primary N) is 1. The molecule has 1 aliphatic rings. The Labute approximate surface area is 121 Å². The number of fused-ring (bicyclic) bond motifs is 1. The van der Waals surface area contributed by atoms with Crippen LogP contribution in [0.5, 0.6) is 0 Å². The lowest BCUT2D eigenvalue weighted by molar-refractivity contribution is 0.0214. The van der Waals surface area contributed by atoms with Crippen LogP contribution in [0.2, 0.25) is 0 Å². The lowest BCUT2D eigenvalue weighted by atomic mass is 10.0. The molecular formula is C9H17Cl2N5O3. The molecule has 2 heterocycles. The van der Waals surface area contributed by atoms with Gasteiger partial charge in [-0.2, -0.15) is 4.98 Å². The maximum atomic E-state index is 11.6. The van der Waals surface area contributed by atoms with Crippen molar-refractivity contribution in [2.75, 3.05) is 22.9 Å². The van der Waals surface area contributed by atoms with Crippen LogP contribution in [0.4, 0.5) is 17.5 Å². The summed E-state index contributed by atoms with van der Waals surface area (Å²) >= 11 is 0. The first-order valence-electron chi connectivity index (χ1n) is 5.25. The van der Waals surface area contributed by atoms with Gasteiger partial charge in [-0.25, -0.2) is 0 Å². The highest BCUT2D eigenvalue weighted by molar-refractivity contribution is 5.85. The molecule has 3 atom stereocenters. The fourth-order valence-corrected chi connectivity index (χ4v) is 1.74. The average molecular weight is 314 g/mol. The van der Waals surface area contributed by atoms with Crippen LogP contribution in [-0.2, 0) is 0 Å². The number of halogens is 2. The molecule has 0 aromatic carbocycles. The molecule has 0 bridgehead atoms. The third kappa shape index (κ3) is 3.63. The predicted molar refractivity (Wildman–Crippen MR) is 77.4 cm³/mol. The molecule has 1 aromatic heterocycles. The fourth-order valence-electron chi connectivity index (χ4n) is 1.74. The highest BCUT2D eigenvalue weighted by atomic mass is 35.5. The first kappa shape index (κ1) is 17.8. The minimum atomic E-state index is -0.979. The van der Waals surface area contributed by atoms with Crippen molar-refractivity contribution < 1.29 is 10.2 Å². The summed E-state index contributed by atoms with van der Waals surface area (Å²) in [5.74, 6) is 0.373. The molecule has 0 amide bonds. The number of nitrogen functional groups attached to an aromatic ring is 1. The molecule has 0 aliphatic carbocycles. The summed E-state index contributed by atoms with van der Waals surface area (Å²) in [5.41, 5.74) is 5.20. The molecule has 10 heteroatoms. The molecule has 8 nitrogen and oxygen atoms in total. The van der Waals surface area contributed by atoms with Crippen LogP contribution in [-0.4, -0.2) is 45.0 Å². The van der Waals surface area contributed by atoms with Gasteiger partial charge in [-0.15, -0.1) is 24.8 Å². The first-order chi connectivity index (χ1) is 7.99. The Morgan fingerprint density at radius 2 is 2.05 bits per heavy atom. The zero-order valence-electron chi connectivity index (χ0n) is 10.1. The van der Waals surface area contributed by atoms with E-state index in [0.717, 1.165) is 0 Å². The summed E-state index contributed by atoms with van der Waals surface area (Å²) in [4.78, 5) is 17.9. The van der Waals surface area contributed by atoms with Crippen molar-refractivity contribution in [3.63, 3.8) is 0 Å². The van der Waals surface area contributed by atoms with Crippen LogP contribution in [0.25, 0.3) is 0 Å². The summed E-state index contributed by atoms with van der Waals surface area (Å²) in [5, 5.41) is 24.7. The van der Waals surface area contributed by atoms with E-state index in [1.54, 1.807) is 0 Å². The number of rotatable bonds is 2. The molecule has 0 saturated carbocycles. The molecule has 110 valence electrons. The predicted octanol–water partition coefficient (Wildman–Crippen LogP) is -0.857. The maximum Gasteiger partial charge on any atom is 0.277 e. The van der Waals surface area contributed by atoms with Crippen LogP contribution >= 0.6 is 24.8 Å². The quantitative estimate of drug-likeness (QED) is 0.418. The zero-order valence-corrected chi connectivity index (χ0v) is 11.7. The van der Waals surface area contributed by atoms with Gasteiger partial charge in [0.25, 0.3) is 5.56 Å². The van der Waals surface area contributed by atoms with Crippen molar-refractivity contribution in [2.24, 2.45) is 0 Å². The number of aromatic amines is 1. The van der Waals surface area contributed by atoms with E-state index in [2.05, 4.69) is 20.6 Å². The smallest absolute Gasteiger partial charge is 0.277 e. The fraction of sp³-hybridized carbons (Fsp3) is 0.556. The van der Waals surface area contributed by atoms with Crippen LogP contribution in [0.15, 0.2) is 4.79 Å². The Morgan fingerprint density at radius 3 is 2.63 bits per heavy atom. The van der Waals surface area contributed by atoms with Crippen LogP contribution in [0.1, 0.15) is 6.92 Å². The van der Waals surface area contributed by atoms with E-state index in [-0.39, 0.29) is 36.4 Å². The lowest BCUT2D eigenvalue weighted by Crippen LogP contribution is -2.48. The van der Waals surface area contributed by atoms with Gasteiger partial charge >= 0.3 is 0 Å². The molecular weight excluding hydrogens is 297 g/mol. The summed E-state index contributed by atoms with van der Waals surface area (Å²) in [6, 6.07) is -0.464. The number of hydrogen-bond donors (Lipinski definition) is 6. The molecule has 0 saturated heterocycles. The van der Waals surface area contributed by atoms with Gasteiger partial charge in [-0.1, -0.05) is 0 Å². The summed E-state index contributed by atoms with van der Waals surface area (Å²) in [6.07, 6.45) is -1.87. The zero-order chi connectivity index (χ0) is 12.6. The number of H-pyrrole nitrogens is 1. The highest BCUT2D eigenvalue weighted by Crippen LogP contribution is 2.21. The van der Waals surface area contributed by atoms with E-state index in [0.29, 0.717) is 12.4 Å². The first-order valence-corrected chi connectivity index (χ1v) is 5.25. The monoisotopic (exact) mass is 313 g/mol. The molecule has 19 heavy (non-hydrogen) atoms. The lowest BCUT2D eigenvalue weighted by Gasteiger charge is -2.31. The second-order valence-corrected chi connectivity index (χ2v) is 4.04. The SMILES string of the molecule is C[C@@H](O)[C@@H](O)[C@H]1CNc2nc(N)[nH]c(=O)c2N1.Cl.Cl. The Bertz CT molecular complexity index is 481. The molecule has 0 spiro atoms. The number of nitrogens with zero attached hydrogens (tertiary/aromatic N) is 1. The summed E-state index contributed by atoms with van der Waals surface area (Å²) in [6.45, 7) is 1.82. The van der Waals surface area contributed by atoms with Crippen LogP contribution < -0.4 is 21.9 Å². The van der Waals surface area contributed by atoms with E-state index < -0.39 is 23.8 Å². The number of aliphatic hydroxyl groups excluding tert-OH is 2. The molecule has 0 fully saturated rings. The van der Waals surface area contributed by atoms with Gasteiger partial charge in [-0.05, 0) is 6.92 Å². The van der Waals surface area contributed by atoms with Gasteiger partial charge < -0.3 is 26.6 Å². The molecule has 1 aliphatic heterocycles. The van der Waals surface area contributed by atoms with Crippen molar-refractivity contribution >= 4 is 42.3 Å². The molecule has 0 unspecified atom stereocenters. The Hall–Kier alpha value is -1.22. The largest absolute Gasteiger partial charge is 0.391 e. The Balaban J connectivity index is 0.00000162. The molecule has 0 radical (unpaired) electrons. The van der Waals surface area contributed by atoms with E-state index in [1.165, 1.54) is 6.92 Å². The number of aromatic nitrogens is 2. The van der Waals surface area contributed by atoms with Crippen molar-refractivity contribution in [3.05, 3.63) is 10.4 Å². The third-order valence-corrected chi connectivity index (χ3v) is 2.66. The third-order valence-electron chi connectivity index (χ3n) is 2.66. The number of nitrogens with one attached hydrogen (secondary N) is 3. The molecule has 7 N–H and O–H groups in total. The maximum absolute atomic E-state index is 11.6. The minimum absolute atomic E-state index is 0.